The largest absolute Gasteiger partial charge is 0.462 e. The quantitative estimate of drug-likeness (QED) is 0.309. The van der Waals surface area contributed by atoms with Crippen LogP contribution in [0.4, 0.5) is 0 Å². The topological polar surface area (TPSA) is 26.3 Å². The van der Waals surface area contributed by atoms with Gasteiger partial charge in [-0.25, -0.2) is 0 Å². The van der Waals surface area contributed by atoms with Crippen molar-refractivity contribution in [2.24, 2.45) is 34.5 Å². The third kappa shape index (κ3) is 3.18. The first-order valence-electron chi connectivity index (χ1n) is 11.4. The lowest BCUT2D eigenvalue weighted by Crippen LogP contribution is -2.50. The summed E-state index contributed by atoms with van der Waals surface area (Å²) in [5.74, 6) is 3.82. The second-order valence-electron chi connectivity index (χ2n) is 10.3. The maximum absolute atomic E-state index is 11.9. The van der Waals surface area contributed by atoms with Crippen molar-refractivity contribution in [3.63, 3.8) is 0 Å². The molecule has 3 saturated carbocycles. The number of halogens is 1. The van der Waals surface area contributed by atoms with E-state index in [1.54, 1.807) is 5.57 Å². The molecule has 0 unspecified atom stereocenters. The van der Waals surface area contributed by atoms with Gasteiger partial charge in [0.25, 0.3) is 0 Å². The maximum Gasteiger partial charge on any atom is 0.307 e. The summed E-state index contributed by atoms with van der Waals surface area (Å²) < 4.78 is 5.71. The number of rotatable bonds is 4. The molecule has 2 nitrogen and oxygen atoms in total. The van der Waals surface area contributed by atoms with Gasteiger partial charge < -0.3 is 4.74 Å². The average Bonchev–Trinajstić information content (AvgIpc) is 2.98. The van der Waals surface area contributed by atoms with Crippen molar-refractivity contribution in [1.29, 1.82) is 0 Å². The Bertz CT molecular complexity index is 614. The van der Waals surface area contributed by atoms with Crippen LogP contribution in [-0.4, -0.2) is 18.0 Å². The van der Waals surface area contributed by atoms with Crippen molar-refractivity contribution >= 4 is 17.6 Å². The van der Waals surface area contributed by atoms with Gasteiger partial charge in [-0.2, -0.15) is 0 Å². The Morgan fingerprint density at radius 1 is 1.19 bits per heavy atom. The fourth-order valence-corrected chi connectivity index (χ4v) is 7.98. The number of carbonyl (C=O) groups excluding carboxylic acids is 1. The van der Waals surface area contributed by atoms with Gasteiger partial charge >= 0.3 is 5.97 Å². The normalized spacial score (nSPS) is 46.1. The van der Waals surface area contributed by atoms with Gasteiger partial charge in [-0.05, 0) is 79.4 Å². The zero-order valence-electron chi connectivity index (χ0n) is 17.4. The smallest absolute Gasteiger partial charge is 0.307 e. The molecule has 4 aliphatic carbocycles. The van der Waals surface area contributed by atoms with Gasteiger partial charge in [0.2, 0.25) is 0 Å². The number of hydrogen-bond acceptors (Lipinski definition) is 2. The highest BCUT2D eigenvalue weighted by Gasteiger charge is 2.58. The molecule has 0 aromatic carbocycles. The Kier molecular flexibility index (Phi) is 5.42. The van der Waals surface area contributed by atoms with E-state index in [1.165, 1.54) is 44.9 Å². The molecule has 0 aromatic heterocycles. The zero-order valence-corrected chi connectivity index (χ0v) is 18.2. The van der Waals surface area contributed by atoms with Crippen molar-refractivity contribution in [3.8, 4) is 0 Å². The van der Waals surface area contributed by atoms with Gasteiger partial charge in [0.15, 0.2) is 0 Å². The highest BCUT2D eigenvalue weighted by Crippen LogP contribution is 2.66. The molecule has 152 valence electrons. The molecule has 0 radical (unpaired) electrons. The Labute approximate surface area is 170 Å². The second kappa shape index (κ2) is 7.39. The Hall–Kier alpha value is -0.500. The number of alkyl halides is 1. The van der Waals surface area contributed by atoms with Crippen molar-refractivity contribution < 1.29 is 9.53 Å². The highest BCUT2D eigenvalue weighted by atomic mass is 35.5. The fourth-order valence-electron chi connectivity index (χ4n) is 7.83. The van der Waals surface area contributed by atoms with Gasteiger partial charge in [0, 0.05) is 12.3 Å². The first kappa shape index (κ1) is 19.8. The predicted octanol–water partition coefficient (Wildman–Crippen LogP) is 6.52. The summed E-state index contributed by atoms with van der Waals surface area (Å²) in [7, 11) is 0. The predicted molar refractivity (Wildman–Crippen MR) is 111 cm³/mol. The molecule has 4 aliphatic rings. The summed E-state index contributed by atoms with van der Waals surface area (Å²) in [6.07, 6.45) is 14.5. The molecule has 0 amide bonds. The molecule has 3 fully saturated rings. The van der Waals surface area contributed by atoms with E-state index in [2.05, 4.69) is 26.8 Å². The van der Waals surface area contributed by atoms with Gasteiger partial charge in [0.05, 0.1) is 6.42 Å². The molecular formula is C24H37ClO2. The molecule has 0 aromatic rings. The van der Waals surface area contributed by atoms with Crippen LogP contribution in [0.3, 0.4) is 0 Å². The van der Waals surface area contributed by atoms with Crippen LogP contribution in [0.2, 0.25) is 0 Å². The Morgan fingerprint density at radius 2 is 2.00 bits per heavy atom. The number of fused-ring (bicyclic) bond motifs is 5. The lowest BCUT2D eigenvalue weighted by atomic mass is 9.47. The molecule has 4 rings (SSSR count). The minimum Gasteiger partial charge on any atom is -0.462 e. The first-order chi connectivity index (χ1) is 12.9. The van der Waals surface area contributed by atoms with Crippen LogP contribution in [0.25, 0.3) is 0 Å². The van der Waals surface area contributed by atoms with E-state index in [9.17, 15) is 4.79 Å². The van der Waals surface area contributed by atoms with Crippen molar-refractivity contribution in [2.75, 3.05) is 5.88 Å². The van der Waals surface area contributed by atoms with Crippen LogP contribution < -0.4 is 0 Å². The van der Waals surface area contributed by atoms with Gasteiger partial charge in [-0.1, -0.05) is 38.8 Å². The van der Waals surface area contributed by atoms with Crippen LogP contribution in [0, 0.1) is 34.5 Å². The number of carbonyl (C=O) groups is 1. The molecule has 0 N–H and O–H groups in total. The molecule has 0 bridgehead atoms. The van der Waals surface area contributed by atoms with E-state index in [1.807, 2.05) is 0 Å². The summed E-state index contributed by atoms with van der Waals surface area (Å²) in [5.41, 5.74) is 2.52. The highest BCUT2D eigenvalue weighted by molar-refractivity contribution is 6.18. The van der Waals surface area contributed by atoms with E-state index in [0.717, 1.165) is 36.5 Å². The Morgan fingerprint density at radius 3 is 2.74 bits per heavy atom. The second-order valence-corrected chi connectivity index (χ2v) is 10.7. The van der Waals surface area contributed by atoms with E-state index in [-0.39, 0.29) is 12.1 Å². The number of allylic oxidation sites excluding steroid dienone is 1. The summed E-state index contributed by atoms with van der Waals surface area (Å²) in [6.45, 7) is 7.54. The molecular weight excluding hydrogens is 356 g/mol. The monoisotopic (exact) mass is 392 g/mol. The summed E-state index contributed by atoms with van der Waals surface area (Å²) >= 11 is 5.69. The molecule has 27 heavy (non-hydrogen) atoms. The number of ether oxygens (including phenoxy) is 1. The minimum absolute atomic E-state index is 0.0707. The minimum atomic E-state index is -0.127. The number of esters is 1. The number of hydrogen-bond donors (Lipinski definition) is 0. The van der Waals surface area contributed by atoms with Crippen LogP contribution >= 0.6 is 11.6 Å². The molecule has 0 spiro atoms. The van der Waals surface area contributed by atoms with E-state index >= 15 is 0 Å². The summed E-state index contributed by atoms with van der Waals surface area (Å²) in [6, 6.07) is 0. The van der Waals surface area contributed by atoms with Crippen LogP contribution in [-0.2, 0) is 9.53 Å². The third-order valence-electron chi connectivity index (χ3n) is 9.34. The zero-order chi connectivity index (χ0) is 19.2. The van der Waals surface area contributed by atoms with E-state index in [0.29, 0.717) is 23.1 Å². The van der Waals surface area contributed by atoms with E-state index < -0.39 is 0 Å². The molecule has 3 heteroatoms. The fraction of sp³-hybridized carbons (Fsp3) is 0.875. The van der Waals surface area contributed by atoms with Gasteiger partial charge in [0.1, 0.15) is 6.10 Å². The molecule has 0 aliphatic heterocycles. The molecule has 0 heterocycles. The summed E-state index contributed by atoms with van der Waals surface area (Å²) in [4.78, 5) is 11.9. The van der Waals surface area contributed by atoms with Gasteiger partial charge in [-0.15, -0.1) is 11.6 Å². The SMILES string of the molecule is CC[C@H]1CC[C@H]2[C@@H]3CC=C4C[C@@H](OC(=O)CCCl)CC[C@]4(C)[C@H]3CC[C@]12C. The lowest BCUT2D eigenvalue weighted by Gasteiger charge is -2.58. The van der Waals surface area contributed by atoms with Crippen molar-refractivity contribution in [1.82, 2.24) is 0 Å². The van der Waals surface area contributed by atoms with Crippen LogP contribution in [0.15, 0.2) is 11.6 Å². The molecule has 0 saturated heterocycles. The average molecular weight is 393 g/mol. The summed E-state index contributed by atoms with van der Waals surface area (Å²) in [5, 5.41) is 0. The van der Waals surface area contributed by atoms with Crippen LogP contribution in [0.1, 0.15) is 85.0 Å². The van der Waals surface area contributed by atoms with Crippen molar-refractivity contribution in [3.05, 3.63) is 11.6 Å². The molecule has 7 atom stereocenters. The first-order valence-corrected chi connectivity index (χ1v) is 11.9. The maximum atomic E-state index is 11.9. The van der Waals surface area contributed by atoms with E-state index in [4.69, 9.17) is 16.3 Å². The van der Waals surface area contributed by atoms with Crippen LogP contribution in [0.5, 0.6) is 0 Å². The lowest BCUT2D eigenvalue weighted by molar-refractivity contribution is -0.151. The Balaban J connectivity index is 1.51. The van der Waals surface area contributed by atoms with Crippen molar-refractivity contribution in [2.45, 2.75) is 91.1 Å². The standard InChI is InChI=1S/C24H37ClO2/c1-4-16-6-8-20-19-7-5-17-15-18(27-22(26)11-14-25)9-12-24(17,3)21(19)10-13-23(16,20)2/h5,16,18-21H,4,6-15H2,1-3H3/t16-,18-,19-,20-,21-,23+,24-/m0/s1. The van der Waals surface area contributed by atoms with Gasteiger partial charge in [-0.3, -0.25) is 4.79 Å². The third-order valence-corrected chi connectivity index (χ3v) is 9.53.